The zero-order valence-corrected chi connectivity index (χ0v) is 12.4. The molecule has 1 aromatic carbocycles. The van der Waals surface area contributed by atoms with Gasteiger partial charge in [-0.2, -0.15) is 0 Å². The van der Waals surface area contributed by atoms with Crippen molar-refractivity contribution >= 4 is 22.3 Å². The van der Waals surface area contributed by atoms with Crippen LogP contribution in [-0.4, -0.2) is 24.2 Å². The van der Waals surface area contributed by atoms with Gasteiger partial charge in [0.2, 0.25) is 0 Å². The van der Waals surface area contributed by atoms with Gasteiger partial charge in [-0.05, 0) is 25.5 Å². The maximum atomic E-state index is 6.05. The van der Waals surface area contributed by atoms with Crippen LogP contribution >= 0.6 is 0 Å². The first-order valence-electron chi connectivity index (χ1n) is 7.23. The van der Waals surface area contributed by atoms with Gasteiger partial charge >= 0.3 is 0 Å². The van der Waals surface area contributed by atoms with Gasteiger partial charge in [-0.3, -0.25) is 4.98 Å². The van der Waals surface area contributed by atoms with Crippen LogP contribution in [0.5, 0.6) is 0 Å². The number of nitrogens with two attached hydrogens (primary N) is 1. The van der Waals surface area contributed by atoms with Gasteiger partial charge in [0.05, 0.1) is 35.7 Å². The first-order chi connectivity index (χ1) is 9.74. The van der Waals surface area contributed by atoms with Crippen molar-refractivity contribution < 1.29 is 4.74 Å². The van der Waals surface area contributed by atoms with Gasteiger partial charge in [0, 0.05) is 12.0 Å². The molecule has 2 aromatic rings. The lowest BCUT2D eigenvalue weighted by Crippen LogP contribution is -2.20. The van der Waals surface area contributed by atoms with Crippen LogP contribution in [0.4, 0.5) is 11.4 Å². The minimum absolute atomic E-state index is 0.346. The number of pyridine rings is 1. The van der Waals surface area contributed by atoms with Crippen LogP contribution in [0, 0.1) is 6.92 Å². The molecule has 20 heavy (non-hydrogen) atoms. The summed E-state index contributed by atoms with van der Waals surface area (Å²) in [7, 11) is 0. The number of rotatable bonds is 2. The van der Waals surface area contributed by atoms with Gasteiger partial charge in [-0.15, -0.1) is 0 Å². The number of anilines is 2. The number of nitrogen functional groups attached to an aromatic ring is 1. The predicted molar refractivity (Wildman–Crippen MR) is 85.1 cm³/mol. The molecular formula is C16H23N3O. The van der Waals surface area contributed by atoms with E-state index in [0.717, 1.165) is 36.2 Å². The van der Waals surface area contributed by atoms with E-state index in [4.69, 9.17) is 10.5 Å². The highest BCUT2D eigenvalue weighted by atomic mass is 16.5. The van der Waals surface area contributed by atoms with Crippen LogP contribution in [0.15, 0.2) is 24.4 Å². The van der Waals surface area contributed by atoms with E-state index in [-0.39, 0.29) is 0 Å². The number of hydrogen-bond donors (Lipinski definition) is 2. The van der Waals surface area contributed by atoms with Crippen LogP contribution in [-0.2, 0) is 4.74 Å². The van der Waals surface area contributed by atoms with Crippen molar-refractivity contribution in [2.45, 2.75) is 33.2 Å². The molecule has 4 nitrogen and oxygen atoms in total. The van der Waals surface area contributed by atoms with Crippen molar-refractivity contribution in [3.8, 4) is 0 Å². The molecule has 0 radical (unpaired) electrons. The predicted octanol–water partition coefficient (Wildman–Crippen LogP) is 3.35. The zero-order valence-electron chi connectivity index (χ0n) is 12.4. The smallest absolute Gasteiger partial charge is 0.0743 e. The quantitative estimate of drug-likeness (QED) is 0.881. The Balaban J connectivity index is 0.000000704. The standard InChI is InChI=1S/C14H17N3O.C2H6/c1-9-2-3-13-11(6-9)14(12(15)7-16-13)17-10-4-5-18-8-10;1-2/h2-3,6-7,10H,4-5,8,15H2,1H3,(H,16,17);1-2H3. The second kappa shape index (κ2) is 6.57. The minimum atomic E-state index is 0.346. The van der Waals surface area contributed by atoms with E-state index in [9.17, 15) is 0 Å². The third kappa shape index (κ3) is 3.02. The Morgan fingerprint density at radius 2 is 2.15 bits per heavy atom. The first kappa shape index (κ1) is 14.6. The first-order valence-corrected chi connectivity index (χ1v) is 7.23. The molecule has 1 saturated heterocycles. The molecule has 1 aliphatic heterocycles. The maximum absolute atomic E-state index is 6.05. The average Bonchev–Trinajstić information content (AvgIpc) is 2.97. The number of fused-ring (bicyclic) bond motifs is 1. The van der Waals surface area contributed by atoms with Crippen molar-refractivity contribution in [1.29, 1.82) is 0 Å². The van der Waals surface area contributed by atoms with E-state index >= 15 is 0 Å². The SMILES string of the molecule is CC.Cc1ccc2ncc(N)c(NC3CCOC3)c2c1. The second-order valence-corrected chi connectivity index (χ2v) is 4.81. The summed E-state index contributed by atoms with van der Waals surface area (Å²) >= 11 is 0. The highest BCUT2D eigenvalue weighted by Crippen LogP contribution is 2.30. The average molecular weight is 273 g/mol. The van der Waals surface area contributed by atoms with E-state index in [1.165, 1.54) is 5.56 Å². The van der Waals surface area contributed by atoms with Crippen molar-refractivity contribution in [2.24, 2.45) is 0 Å². The van der Waals surface area contributed by atoms with Crippen molar-refractivity contribution in [3.63, 3.8) is 0 Å². The van der Waals surface area contributed by atoms with Crippen LogP contribution in [0.1, 0.15) is 25.8 Å². The molecule has 0 saturated carbocycles. The Morgan fingerprint density at radius 1 is 1.35 bits per heavy atom. The largest absolute Gasteiger partial charge is 0.396 e. The summed E-state index contributed by atoms with van der Waals surface area (Å²) in [6, 6.07) is 6.56. The van der Waals surface area contributed by atoms with Crippen molar-refractivity contribution in [2.75, 3.05) is 24.3 Å². The Labute approximate surface area is 120 Å². The summed E-state index contributed by atoms with van der Waals surface area (Å²) in [5, 5.41) is 4.57. The minimum Gasteiger partial charge on any atom is -0.396 e. The zero-order chi connectivity index (χ0) is 14.5. The Morgan fingerprint density at radius 3 is 2.85 bits per heavy atom. The summed E-state index contributed by atoms with van der Waals surface area (Å²) in [5.41, 5.74) is 9.91. The van der Waals surface area contributed by atoms with Gasteiger partial charge in [0.15, 0.2) is 0 Å². The van der Waals surface area contributed by atoms with Crippen LogP contribution in [0.2, 0.25) is 0 Å². The second-order valence-electron chi connectivity index (χ2n) is 4.81. The van der Waals surface area contributed by atoms with E-state index in [0.29, 0.717) is 11.7 Å². The Hall–Kier alpha value is -1.81. The molecule has 3 N–H and O–H groups in total. The van der Waals surface area contributed by atoms with E-state index in [2.05, 4.69) is 29.4 Å². The lowest BCUT2D eigenvalue weighted by molar-refractivity contribution is 0.195. The molecule has 0 amide bonds. The number of benzene rings is 1. The maximum Gasteiger partial charge on any atom is 0.0743 e. The van der Waals surface area contributed by atoms with Gasteiger partial charge < -0.3 is 15.8 Å². The number of nitrogens with zero attached hydrogens (tertiary/aromatic N) is 1. The van der Waals surface area contributed by atoms with Crippen LogP contribution < -0.4 is 11.1 Å². The van der Waals surface area contributed by atoms with Crippen molar-refractivity contribution in [1.82, 2.24) is 4.98 Å². The normalized spacial score (nSPS) is 17.6. The highest BCUT2D eigenvalue weighted by molar-refractivity contribution is 5.97. The molecule has 1 aliphatic rings. The van der Waals surface area contributed by atoms with Gasteiger partial charge in [-0.25, -0.2) is 0 Å². The molecule has 1 atom stereocenters. The Kier molecular flexibility index (Phi) is 4.79. The third-order valence-electron chi connectivity index (χ3n) is 3.33. The molecule has 0 aliphatic carbocycles. The molecule has 2 heterocycles. The van der Waals surface area contributed by atoms with E-state index < -0.39 is 0 Å². The van der Waals surface area contributed by atoms with E-state index in [1.54, 1.807) is 6.20 Å². The third-order valence-corrected chi connectivity index (χ3v) is 3.33. The van der Waals surface area contributed by atoms with Gasteiger partial charge in [0.1, 0.15) is 0 Å². The molecule has 0 bridgehead atoms. The summed E-state index contributed by atoms with van der Waals surface area (Å²) < 4.78 is 5.39. The van der Waals surface area contributed by atoms with Gasteiger partial charge in [-0.1, -0.05) is 25.5 Å². The molecule has 3 rings (SSSR count). The van der Waals surface area contributed by atoms with Gasteiger partial charge in [0.25, 0.3) is 0 Å². The molecule has 0 spiro atoms. The van der Waals surface area contributed by atoms with Crippen LogP contribution in [0.25, 0.3) is 10.9 Å². The molecule has 1 aromatic heterocycles. The van der Waals surface area contributed by atoms with Crippen molar-refractivity contribution in [3.05, 3.63) is 30.0 Å². The summed E-state index contributed by atoms with van der Waals surface area (Å²) in [4.78, 5) is 4.36. The molecule has 1 fully saturated rings. The summed E-state index contributed by atoms with van der Waals surface area (Å²) in [5.74, 6) is 0. The summed E-state index contributed by atoms with van der Waals surface area (Å²) in [6.45, 7) is 7.64. The fourth-order valence-electron chi connectivity index (χ4n) is 2.34. The molecule has 108 valence electrons. The fraction of sp³-hybridized carbons (Fsp3) is 0.438. The molecular weight excluding hydrogens is 250 g/mol. The Bertz CT molecular complexity index is 572. The van der Waals surface area contributed by atoms with Crippen LogP contribution in [0.3, 0.4) is 0 Å². The molecule has 1 unspecified atom stereocenters. The van der Waals surface area contributed by atoms with E-state index in [1.807, 2.05) is 19.9 Å². The molecule has 4 heteroatoms. The number of nitrogens with one attached hydrogen (secondary N) is 1. The lowest BCUT2D eigenvalue weighted by Gasteiger charge is -2.16. The fourth-order valence-corrected chi connectivity index (χ4v) is 2.34. The topological polar surface area (TPSA) is 60.2 Å². The number of aryl methyl sites for hydroxylation is 1. The highest BCUT2D eigenvalue weighted by Gasteiger charge is 2.17. The monoisotopic (exact) mass is 273 g/mol. The number of ether oxygens (including phenoxy) is 1. The number of aromatic nitrogens is 1. The lowest BCUT2D eigenvalue weighted by atomic mass is 10.1. The number of hydrogen-bond acceptors (Lipinski definition) is 4. The summed E-state index contributed by atoms with van der Waals surface area (Å²) in [6.07, 6.45) is 2.74.